The SMILES string of the molecule is CC1=[C-]C(C)C(C)=C1C.Cl.Cl.[CH3-].[CH3-].[Si]=[Zr].c1csc(-c2c[cH-]c3ccccc23)c1. The van der Waals surface area contributed by atoms with Crippen LogP contribution in [-0.2, 0) is 23.3 Å². The van der Waals surface area contributed by atoms with Crippen molar-refractivity contribution in [1.82, 2.24) is 0 Å². The van der Waals surface area contributed by atoms with Crippen molar-refractivity contribution in [1.29, 1.82) is 0 Å². The van der Waals surface area contributed by atoms with Gasteiger partial charge in [0.1, 0.15) is 0 Å². The molecule has 1 atom stereocenters. The Bertz CT molecular complexity index is 895. The van der Waals surface area contributed by atoms with Gasteiger partial charge >= 0.3 is 30.2 Å². The van der Waals surface area contributed by atoms with Crippen LogP contribution < -0.4 is 0 Å². The summed E-state index contributed by atoms with van der Waals surface area (Å²) in [5.74, 6) is 0.560. The summed E-state index contributed by atoms with van der Waals surface area (Å²) in [5.41, 5.74) is 5.60. The van der Waals surface area contributed by atoms with E-state index < -0.39 is 0 Å². The average Bonchev–Trinajstić information content (AvgIpc) is 3.35. The van der Waals surface area contributed by atoms with Crippen LogP contribution in [0, 0.1) is 26.8 Å². The Balaban J connectivity index is -0.000000404. The van der Waals surface area contributed by atoms with Crippen molar-refractivity contribution in [2.24, 2.45) is 5.92 Å². The third-order valence-corrected chi connectivity index (χ3v) is 5.61. The molecule has 1 unspecified atom stereocenters. The van der Waals surface area contributed by atoms with Gasteiger partial charge in [0.25, 0.3) is 0 Å². The maximum absolute atomic E-state index is 3.36. The quantitative estimate of drug-likeness (QED) is 0.215. The van der Waals surface area contributed by atoms with Crippen molar-refractivity contribution in [3.8, 4) is 10.4 Å². The molecule has 158 valence electrons. The Morgan fingerprint density at radius 1 is 1.00 bits per heavy atom. The fourth-order valence-corrected chi connectivity index (χ4v) is 3.72. The molecule has 0 spiro atoms. The summed E-state index contributed by atoms with van der Waals surface area (Å²) in [4.78, 5) is 1.35. The first-order valence-corrected chi connectivity index (χ1v) is 13.4. The van der Waals surface area contributed by atoms with E-state index >= 15 is 0 Å². The standard InChI is InChI=1S/C13H9S.C9H13.2CH3.2ClH.Si.Zr/c1-2-5-11-10(4-1)7-8-12(11)13-6-3-9-14-13;1-6-5-7(2)9(4)8(6)3;;;;;;/h1-9H;6H,1-4H3;2*1H3;2*1H;;/q4*-1;;;;. The molecule has 0 bridgehead atoms. The van der Waals surface area contributed by atoms with Crippen LogP contribution in [0.15, 0.2) is 70.6 Å². The van der Waals surface area contributed by atoms with E-state index in [2.05, 4.69) is 94.6 Å². The van der Waals surface area contributed by atoms with Gasteiger partial charge in [-0.2, -0.15) is 22.5 Å². The minimum absolute atomic E-state index is 0. The minimum Gasteiger partial charge on any atom is -0.155 e. The number of allylic oxidation sites excluding steroid dienone is 4. The molecule has 0 saturated heterocycles. The summed E-state index contributed by atoms with van der Waals surface area (Å²) < 4.78 is 0. The van der Waals surface area contributed by atoms with E-state index in [0.717, 1.165) is 0 Å². The molecule has 1 heterocycles. The van der Waals surface area contributed by atoms with Crippen LogP contribution in [0.25, 0.3) is 21.2 Å². The second-order valence-electron chi connectivity index (χ2n) is 6.11. The molecule has 0 nitrogen and oxygen atoms in total. The van der Waals surface area contributed by atoms with Crippen molar-refractivity contribution in [3.05, 3.63) is 91.6 Å². The average molecular weight is 541 g/mol. The summed E-state index contributed by atoms with van der Waals surface area (Å²) >= 11 is 3.15. The van der Waals surface area contributed by atoms with E-state index in [0.29, 0.717) is 5.92 Å². The molecule has 2 aromatic carbocycles. The van der Waals surface area contributed by atoms with Crippen LogP contribution in [0.3, 0.4) is 0 Å². The fraction of sp³-hybridized carbons (Fsp3) is 0.208. The van der Waals surface area contributed by atoms with Crippen LogP contribution in [0.5, 0.6) is 0 Å². The smallest absolute Gasteiger partial charge is 0.00957 e. The number of hydrogen-bond donors (Lipinski definition) is 0. The molecule has 1 aliphatic carbocycles. The molecular formula is C24H30Cl2SSiZr-4. The third-order valence-electron chi connectivity index (χ3n) is 4.70. The molecule has 2 radical (unpaired) electrons. The summed E-state index contributed by atoms with van der Waals surface area (Å²) in [6.07, 6.45) is 3.36. The molecule has 0 fully saturated rings. The molecule has 29 heavy (non-hydrogen) atoms. The van der Waals surface area contributed by atoms with Gasteiger partial charge in [-0.25, -0.2) is 5.57 Å². The molecule has 4 rings (SSSR count). The van der Waals surface area contributed by atoms with Gasteiger partial charge in [-0.3, -0.25) is 6.08 Å². The Morgan fingerprint density at radius 3 is 2.07 bits per heavy atom. The molecule has 0 saturated carbocycles. The first-order valence-electron chi connectivity index (χ1n) is 8.29. The predicted octanol–water partition coefficient (Wildman–Crippen LogP) is 8.37. The summed E-state index contributed by atoms with van der Waals surface area (Å²) in [6.45, 7) is 11.7. The third kappa shape index (κ3) is 8.38. The number of halogens is 2. The van der Waals surface area contributed by atoms with Crippen LogP contribution in [0.2, 0.25) is 0 Å². The van der Waals surface area contributed by atoms with Crippen molar-refractivity contribution in [2.45, 2.75) is 27.7 Å². The Labute approximate surface area is 211 Å². The molecule has 1 aliphatic rings. The van der Waals surface area contributed by atoms with Crippen molar-refractivity contribution in [3.63, 3.8) is 0 Å². The largest absolute Gasteiger partial charge is 0.155 e. The summed E-state index contributed by atoms with van der Waals surface area (Å²) in [7, 11) is 0. The molecule has 1 aromatic heterocycles. The maximum atomic E-state index is 3.36. The van der Waals surface area contributed by atoms with Gasteiger partial charge in [-0.05, 0) is 10.3 Å². The van der Waals surface area contributed by atoms with Crippen LogP contribution >= 0.6 is 36.2 Å². The first-order chi connectivity index (χ1) is 12.1. The number of thiophene rings is 1. The second-order valence-corrected chi connectivity index (χ2v) is 7.06. The number of rotatable bonds is 1. The van der Waals surface area contributed by atoms with Gasteiger partial charge in [-0.1, -0.05) is 44.9 Å². The molecule has 0 aliphatic heterocycles. The molecular weight excluding hydrogens is 511 g/mol. The molecule has 5 heteroatoms. The molecule has 0 N–H and O–H groups in total. The molecule has 3 aromatic rings. The van der Waals surface area contributed by atoms with Gasteiger partial charge in [0.15, 0.2) is 0 Å². The first kappa shape index (κ1) is 33.3. The van der Waals surface area contributed by atoms with Crippen molar-refractivity contribution >= 4 is 53.8 Å². The van der Waals surface area contributed by atoms with Gasteiger partial charge in [0.05, 0.1) is 0 Å². The summed E-state index contributed by atoms with van der Waals surface area (Å²) in [6, 6.07) is 17.2. The van der Waals surface area contributed by atoms with Crippen LogP contribution in [-0.4, -0.2) is 6.88 Å². The van der Waals surface area contributed by atoms with E-state index in [4.69, 9.17) is 0 Å². The number of hydrogen-bond acceptors (Lipinski definition) is 1. The van der Waals surface area contributed by atoms with Gasteiger partial charge in [-0.15, -0.1) is 78.4 Å². The predicted molar refractivity (Wildman–Crippen MR) is 136 cm³/mol. The Morgan fingerprint density at radius 2 is 1.62 bits per heavy atom. The number of benzene rings is 1. The minimum atomic E-state index is 0. The zero-order valence-electron chi connectivity index (χ0n) is 18.0. The van der Waals surface area contributed by atoms with Crippen LogP contribution in [0.4, 0.5) is 0 Å². The monoisotopic (exact) mass is 538 g/mol. The van der Waals surface area contributed by atoms with E-state index in [1.807, 2.05) is 0 Å². The van der Waals surface area contributed by atoms with Crippen molar-refractivity contribution in [2.75, 3.05) is 0 Å². The summed E-state index contributed by atoms with van der Waals surface area (Å²) in [5, 5.41) is 4.81. The van der Waals surface area contributed by atoms with E-state index in [1.54, 1.807) is 11.3 Å². The maximum Gasteiger partial charge on any atom is -0.00957 e. The normalized spacial score (nSPS) is 13.8. The van der Waals surface area contributed by atoms with E-state index in [1.165, 1.54) is 61.3 Å². The van der Waals surface area contributed by atoms with Crippen molar-refractivity contribution < 1.29 is 23.3 Å². The second kappa shape index (κ2) is 16.4. The number of fused-ring (bicyclic) bond motifs is 1. The van der Waals surface area contributed by atoms with Gasteiger partial charge < -0.3 is 14.9 Å². The Kier molecular flexibility index (Phi) is 18.8. The Hall–Kier alpha value is -0.310. The van der Waals surface area contributed by atoms with E-state index in [-0.39, 0.29) is 39.7 Å². The molecule has 0 amide bonds. The van der Waals surface area contributed by atoms with Crippen LogP contribution in [0.1, 0.15) is 27.7 Å². The topological polar surface area (TPSA) is 0 Å². The van der Waals surface area contributed by atoms with Gasteiger partial charge in [0.2, 0.25) is 0 Å². The zero-order valence-corrected chi connectivity index (χ0v) is 23.9. The van der Waals surface area contributed by atoms with Gasteiger partial charge in [0, 0.05) is 0 Å². The van der Waals surface area contributed by atoms with E-state index in [9.17, 15) is 0 Å². The fourth-order valence-electron chi connectivity index (χ4n) is 2.96. The zero-order chi connectivity index (χ0) is 18.4.